The van der Waals surface area contributed by atoms with Crippen LogP contribution in [0.3, 0.4) is 0 Å². The molecule has 1 aromatic rings. The lowest BCUT2D eigenvalue weighted by Crippen LogP contribution is -2.48. The Labute approximate surface area is 89.6 Å². The van der Waals surface area contributed by atoms with E-state index in [4.69, 9.17) is 9.15 Å². The van der Waals surface area contributed by atoms with Crippen LogP contribution in [0.2, 0.25) is 0 Å². The third-order valence-electron chi connectivity index (χ3n) is 2.24. The van der Waals surface area contributed by atoms with E-state index in [2.05, 4.69) is 5.32 Å². The molecule has 0 saturated carbocycles. The molecule has 0 fully saturated rings. The molecule has 15 heavy (non-hydrogen) atoms. The van der Waals surface area contributed by atoms with Crippen molar-refractivity contribution in [2.24, 2.45) is 0 Å². The first-order valence-electron chi connectivity index (χ1n) is 4.87. The number of ether oxygens (including phenoxy) is 1. The lowest BCUT2D eigenvalue weighted by Gasteiger charge is -2.26. The Hall–Kier alpha value is -1.29. The highest BCUT2D eigenvalue weighted by Gasteiger charge is 2.30. The van der Waals surface area contributed by atoms with Crippen molar-refractivity contribution in [3.63, 3.8) is 0 Å². The van der Waals surface area contributed by atoms with E-state index in [0.717, 1.165) is 5.76 Å². The van der Waals surface area contributed by atoms with E-state index >= 15 is 0 Å². The topological polar surface area (TPSA) is 51.5 Å². The summed E-state index contributed by atoms with van der Waals surface area (Å²) in [5.74, 6) is 0.507. The fourth-order valence-corrected chi connectivity index (χ4v) is 1.46. The van der Waals surface area contributed by atoms with E-state index < -0.39 is 5.54 Å². The van der Waals surface area contributed by atoms with Gasteiger partial charge in [0, 0.05) is 0 Å². The molecule has 0 aliphatic carbocycles. The molecule has 0 spiro atoms. The zero-order valence-corrected chi connectivity index (χ0v) is 9.53. The number of furan rings is 1. The van der Waals surface area contributed by atoms with Gasteiger partial charge in [0.05, 0.1) is 19.4 Å². The SMILES string of the molecule is COC(=O)C(C)(C)NC(C)c1ccco1. The minimum absolute atomic E-state index is 0.0332. The summed E-state index contributed by atoms with van der Waals surface area (Å²) in [6.07, 6.45) is 1.61. The molecule has 4 heteroatoms. The average Bonchev–Trinajstić information content (AvgIpc) is 2.68. The maximum atomic E-state index is 11.4. The molecule has 4 nitrogen and oxygen atoms in total. The summed E-state index contributed by atoms with van der Waals surface area (Å²) in [5.41, 5.74) is -0.721. The smallest absolute Gasteiger partial charge is 0.325 e. The van der Waals surface area contributed by atoms with Gasteiger partial charge in [0.15, 0.2) is 0 Å². The molecule has 1 N–H and O–H groups in total. The predicted molar refractivity (Wildman–Crippen MR) is 56.4 cm³/mol. The normalized spacial score (nSPS) is 13.6. The minimum atomic E-state index is -0.721. The first kappa shape index (κ1) is 11.8. The van der Waals surface area contributed by atoms with Gasteiger partial charge in [-0.25, -0.2) is 0 Å². The van der Waals surface area contributed by atoms with Crippen LogP contribution in [-0.4, -0.2) is 18.6 Å². The Kier molecular flexibility index (Phi) is 3.52. The molecule has 1 heterocycles. The molecule has 1 rings (SSSR count). The molecule has 0 saturated heterocycles. The minimum Gasteiger partial charge on any atom is -0.468 e. The summed E-state index contributed by atoms with van der Waals surface area (Å²) < 4.78 is 9.94. The van der Waals surface area contributed by atoms with E-state index in [0.29, 0.717) is 0 Å². The van der Waals surface area contributed by atoms with E-state index in [9.17, 15) is 4.79 Å². The molecule has 0 aliphatic heterocycles. The second-order valence-electron chi connectivity index (χ2n) is 4.00. The van der Waals surface area contributed by atoms with Crippen molar-refractivity contribution >= 4 is 5.97 Å². The quantitative estimate of drug-likeness (QED) is 0.772. The molecule has 0 radical (unpaired) electrons. The Balaban J connectivity index is 2.65. The Bertz CT molecular complexity index is 317. The summed E-state index contributed by atoms with van der Waals surface area (Å²) in [5, 5.41) is 3.14. The van der Waals surface area contributed by atoms with Crippen molar-refractivity contribution < 1.29 is 13.9 Å². The summed E-state index contributed by atoms with van der Waals surface area (Å²) >= 11 is 0. The molecule has 1 aromatic heterocycles. The van der Waals surface area contributed by atoms with E-state index in [1.54, 1.807) is 20.1 Å². The van der Waals surface area contributed by atoms with Gasteiger partial charge in [-0.2, -0.15) is 0 Å². The molecule has 0 aromatic carbocycles. The summed E-state index contributed by atoms with van der Waals surface area (Å²) in [7, 11) is 1.38. The number of methoxy groups -OCH3 is 1. The largest absolute Gasteiger partial charge is 0.468 e. The number of esters is 1. The Morgan fingerprint density at radius 1 is 1.60 bits per heavy atom. The molecule has 0 bridgehead atoms. The first-order valence-corrected chi connectivity index (χ1v) is 4.87. The third-order valence-corrected chi connectivity index (χ3v) is 2.24. The van der Waals surface area contributed by atoms with Crippen molar-refractivity contribution in [3.05, 3.63) is 24.2 Å². The van der Waals surface area contributed by atoms with Crippen LogP contribution in [0.5, 0.6) is 0 Å². The van der Waals surface area contributed by atoms with Gasteiger partial charge in [0.2, 0.25) is 0 Å². The van der Waals surface area contributed by atoms with Crippen LogP contribution in [0.25, 0.3) is 0 Å². The monoisotopic (exact) mass is 211 g/mol. The van der Waals surface area contributed by atoms with Gasteiger partial charge in [-0.05, 0) is 32.9 Å². The van der Waals surface area contributed by atoms with Crippen LogP contribution in [0.4, 0.5) is 0 Å². The van der Waals surface area contributed by atoms with E-state index in [-0.39, 0.29) is 12.0 Å². The molecular formula is C11H17NO3. The number of carbonyl (C=O) groups is 1. The fraction of sp³-hybridized carbons (Fsp3) is 0.545. The number of rotatable bonds is 4. The third kappa shape index (κ3) is 2.83. The number of carbonyl (C=O) groups excluding carboxylic acids is 1. The van der Waals surface area contributed by atoms with Gasteiger partial charge in [-0.3, -0.25) is 10.1 Å². The van der Waals surface area contributed by atoms with Crippen molar-refractivity contribution in [1.29, 1.82) is 0 Å². The van der Waals surface area contributed by atoms with E-state index in [1.165, 1.54) is 7.11 Å². The Morgan fingerprint density at radius 3 is 2.73 bits per heavy atom. The number of nitrogens with one attached hydrogen (secondary N) is 1. The highest BCUT2D eigenvalue weighted by molar-refractivity contribution is 5.79. The van der Waals surface area contributed by atoms with Gasteiger partial charge in [0.25, 0.3) is 0 Å². The van der Waals surface area contributed by atoms with Crippen LogP contribution in [0.15, 0.2) is 22.8 Å². The molecular weight excluding hydrogens is 194 g/mol. The van der Waals surface area contributed by atoms with Crippen LogP contribution in [-0.2, 0) is 9.53 Å². The van der Waals surface area contributed by atoms with Crippen molar-refractivity contribution in [2.75, 3.05) is 7.11 Å². The lowest BCUT2D eigenvalue weighted by molar-refractivity contribution is -0.147. The predicted octanol–water partition coefficient (Wildman–Crippen LogP) is 1.88. The second kappa shape index (κ2) is 4.49. The molecule has 0 amide bonds. The van der Waals surface area contributed by atoms with Gasteiger partial charge in [-0.15, -0.1) is 0 Å². The van der Waals surface area contributed by atoms with Crippen LogP contribution in [0.1, 0.15) is 32.6 Å². The maximum absolute atomic E-state index is 11.4. The zero-order valence-electron chi connectivity index (χ0n) is 9.53. The van der Waals surface area contributed by atoms with Crippen LogP contribution in [0, 0.1) is 0 Å². The van der Waals surface area contributed by atoms with Crippen molar-refractivity contribution in [2.45, 2.75) is 32.4 Å². The molecule has 0 aliphatic rings. The number of hydrogen-bond donors (Lipinski definition) is 1. The van der Waals surface area contributed by atoms with Crippen molar-refractivity contribution in [3.8, 4) is 0 Å². The molecule has 1 unspecified atom stereocenters. The zero-order chi connectivity index (χ0) is 11.5. The van der Waals surface area contributed by atoms with Crippen LogP contribution < -0.4 is 5.32 Å². The highest BCUT2D eigenvalue weighted by atomic mass is 16.5. The van der Waals surface area contributed by atoms with Crippen LogP contribution >= 0.6 is 0 Å². The van der Waals surface area contributed by atoms with Gasteiger partial charge in [-0.1, -0.05) is 0 Å². The van der Waals surface area contributed by atoms with Gasteiger partial charge >= 0.3 is 5.97 Å². The summed E-state index contributed by atoms with van der Waals surface area (Å²) in [6.45, 7) is 5.49. The maximum Gasteiger partial charge on any atom is 0.325 e. The average molecular weight is 211 g/mol. The van der Waals surface area contributed by atoms with Gasteiger partial charge in [0.1, 0.15) is 11.3 Å². The standard InChI is InChI=1S/C11H17NO3/c1-8(9-6-5-7-15-9)12-11(2,3)10(13)14-4/h5-8,12H,1-4H3. The van der Waals surface area contributed by atoms with E-state index in [1.807, 2.05) is 19.1 Å². The number of hydrogen-bond acceptors (Lipinski definition) is 4. The second-order valence-corrected chi connectivity index (χ2v) is 4.00. The Morgan fingerprint density at radius 2 is 2.27 bits per heavy atom. The molecule has 1 atom stereocenters. The highest BCUT2D eigenvalue weighted by Crippen LogP contribution is 2.17. The summed E-state index contributed by atoms with van der Waals surface area (Å²) in [4.78, 5) is 11.4. The molecule has 84 valence electrons. The van der Waals surface area contributed by atoms with Gasteiger partial charge < -0.3 is 9.15 Å². The van der Waals surface area contributed by atoms with Crippen molar-refractivity contribution in [1.82, 2.24) is 5.32 Å². The first-order chi connectivity index (χ1) is 6.97. The lowest BCUT2D eigenvalue weighted by atomic mass is 10.0. The fourth-order valence-electron chi connectivity index (χ4n) is 1.46. The summed E-state index contributed by atoms with van der Waals surface area (Å²) in [6, 6.07) is 3.65.